The number of aromatic nitrogens is 2. The van der Waals surface area contributed by atoms with Gasteiger partial charge < -0.3 is 10.2 Å². The van der Waals surface area contributed by atoms with Crippen LogP contribution in [0, 0.1) is 11.8 Å². The minimum atomic E-state index is -0.202. The fraction of sp³-hybridized carbons (Fsp3) is 0.474. The third-order valence-electron chi connectivity index (χ3n) is 5.80. The number of carbonyl (C=O) groups is 2. The molecule has 1 aromatic carbocycles. The number of carbonyl (C=O) groups excluding carboxylic acids is 2. The largest absolute Gasteiger partial charge is 0.356 e. The number of hydrogen-bond acceptors (Lipinski definition) is 4. The molecule has 7 heteroatoms. The first kappa shape index (κ1) is 16.8. The minimum absolute atomic E-state index is 0.0177. The van der Waals surface area contributed by atoms with E-state index in [9.17, 15) is 14.4 Å². The summed E-state index contributed by atoms with van der Waals surface area (Å²) in [5.74, 6) is 0.800. The van der Waals surface area contributed by atoms with Crippen LogP contribution in [0.3, 0.4) is 0 Å². The fourth-order valence-electron chi connectivity index (χ4n) is 4.23. The number of benzene rings is 1. The molecule has 0 bridgehead atoms. The molecule has 2 fully saturated rings. The van der Waals surface area contributed by atoms with Gasteiger partial charge in [0.1, 0.15) is 6.54 Å². The first-order chi connectivity index (χ1) is 12.5. The van der Waals surface area contributed by atoms with Crippen molar-refractivity contribution in [1.82, 2.24) is 19.8 Å². The Labute approximate surface area is 151 Å². The van der Waals surface area contributed by atoms with Gasteiger partial charge in [0, 0.05) is 26.1 Å². The lowest BCUT2D eigenvalue weighted by atomic mass is 9.89. The third-order valence-corrected chi connectivity index (χ3v) is 5.80. The molecule has 4 rings (SSSR count). The van der Waals surface area contributed by atoms with Crippen LogP contribution < -0.4 is 10.9 Å². The van der Waals surface area contributed by atoms with Gasteiger partial charge in [-0.15, -0.1) is 0 Å². The van der Waals surface area contributed by atoms with Crippen molar-refractivity contribution in [2.45, 2.75) is 31.8 Å². The third kappa shape index (κ3) is 2.98. The molecule has 2 aliphatic rings. The van der Waals surface area contributed by atoms with E-state index in [0.717, 1.165) is 12.8 Å². The number of fused-ring (bicyclic) bond motifs is 2. The number of hydrogen-bond donors (Lipinski definition) is 1. The number of likely N-dealkylation sites (N-methyl/N-ethyl adjacent to an activating group) is 1. The second kappa shape index (κ2) is 6.55. The lowest BCUT2D eigenvalue weighted by molar-refractivity contribution is -0.132. The first-order valence-electron chi connectivity index (χ1n) is 8.99. The van der Waals surface area contributed by atoms with E-state index < -0.39 is 0 Å². The van der Waals surface area contributed by atoms with E-state index >= 15 is 0 Å². The molecule has 0 spiro atoms. The monoisotopic (exact) mass is 354 g/mol. The van der Waals surface area contributed by atoms with E-state index in [1.165, 1.54) is 10.9 Å². The molecular formula is C19H22N4O3. The van der Waals surface area contributed by atoms with Gasteiger partial charge in [-0.1, -0.05) is 12.1 Å². The van der Waals surface area contributed by atoms with Gasteiger partial charge >= 0.3 is 0 Å². The Kier molecular flexibility index (Phi) is 4.22. The average Bonchev–Trinajstić information content (AvgIpc) is 3.06. The molecule has 1 aliphatic heterocycles. The van der Waals surface area contributed by atoms with Crippen LogP contribution in [0.15, 0.2) is 35.4 Å². The molecule has 7 nitrogen and oxygen atoms in total. The quantitative estimate of drug-likeness (QED) is 0.882. The molecule has 1 aliphatic carbocycles. The van der Waals surface area contributed by atoms with Crippen molar-refractivity contribution in [3.8, 4) is 0 Å². The zero-order chi connectivity index (χ0) is 18.3. The van der Waals surface area contributed by atoms with Crippen LogP contribution in [-0.2, 0) is 16.1 Å². The van der Waals surface area contributed by atoms with E-state index in [2.05, 4.69) is 10.3 Å². The van der Waals surface area contributed by atoms with E-state index in [1.807, 2.05) is 6.07 Å². The highest BCUT2D eigenvalue weighted by Crippen LogP contribution is 2.38. The second-order valence-corrected chi connectivity index (χ2v) is 7.35. The Morgan fingerprint density at radius 3 is 2.88 bits per heavy atom. The van der Waals surface area contributed by atoms with Gasteiger partial charge in [-0.3, -0.25) is 19.0 Å². The molecule has 0 unspecified atom stereocenters. The van der Waals surface area contributed by atoms with E-state index in [1.54, 1.807) is 30.1 Å². The zero-order valence-corrected chi connectivity index (χ0v) is 14.7. The predicted octanol–water partition coefficient (Wildman–Crippen LogP) is 0.770. The highest BCUT2D eigenvalue weighted by Gasteiger charge is 2.40. The van der Waals surface area contributed by atoms with Crippen LogP contribution in [-0.4, -0.2) is 45.9 Å². The molecular weight excluding hydrogens is 332 g/mol. The summed E-state index contributed by atoms with van der Waals surface area (Å²) in [6.07, 6.45) is 3.74. The molecule has 26 heavy (non-hydrogen) atoms. The van der Waals surface area contributed by atoms with Crippen LogP contribution >= 0.6 is 0 Å². The number of rotatable bonds is 3. The van der Waals surface area contributed by atoms with E-state index in [4.69, 9.17) is 0 Å². The minimum Gasteiger partial charge on any atom is -0.356 e. The normalized spacial score (nSPS) is 25.0. The molecule has 2 aromatic rings. The van der Waals surface area contributed by atoms with Crippen molar-refractivity contribution in [1.29, 1.82) is 0 Å². The molecule has 1 N–H and O–H groups in total. The van der Waals surface area contributed by atoms with Crippen molar-refractivity contribution in [2.24, 2.45) is 11.8 Å². The maximum atomic E-state index is 12.7. The topological polar surface area (TPSA) is 84.3 Å². The molecule has 1 aromatic heterocycles. The summed E-state index contributed by atoms with van der Waals surface area (Å²) in [7, 11) is 1.79. The summed E-state index contributed by atoms with van der Waals surface area (Å²) in [4.78, 5) is 42.8. The second-order valence-electron chi connectivity index (χ2n) is 7.35. The van der Waals surface area contributed by atoms with Crippen LogP contribution in [0.5, 0.6) is 0 Å². The summed E-state index contributed by atoms with van der Waals surface area (Å²) in [6, 6.07) is 7.25. The summed E-state index contributed by atoms with van der Waals surface area (Å²) in [5, 5.41) is 3.43. The number of piperidine rings is 1. The standard InChI is InChI=1S/C19H22N4O3/c1-22(14-6-12-8-17(24)20-9-13(12)7-14)18(25)10-23-11-21-16-5-3-2-4-15(16)19(23)26/h2-5,11-14H,6-10H2,1H3,(H,20,24)/t12-,13+,14-/m1/s1. The lowest BCUT2D eigenvalue weighted by Crippen LogP contribution is -2.39. The van der Waals surface area contributed by atoms with Gasteiger partial charge in [-0.25, -0.2) is 4.98 Å². The van der Waals surface area contributed by atoms with Crippen LogP contribution in [0.25, 0.3) is 10.9 Å². The summed E-state index contributed by atoms with van der Waals surface area (Å²) >= 11 is 0. The molecule has 2 heterocycles. The Morgan fingerprint density at radius 1 is 1.27 bits per heavy atom. The zero-order valence-electron chi connectivity index (χ0n) is 14.7. The summed E-state index contributed by atoms with van der Waals surface area (Å²) < 4.78 is 1.37. The SMILES string of the molecule is CN(C(=O)Cn1cnc2ccccc2c1=O)[C@H]1C[C@H]2CNC(=O)C[C@H]2C1. The molecule has 3 atom stereocenters. The van der Waals surface area contributed by atoms with Crippen LogP contribution in [0.2, 0.25) is 0 Å². The van der Waals surface area contributed by atoms with Gasteiger partial charge in [0.2, 0.25) is 11.8 Å². The van der Waals surface area contributed by atoms with Gasteiger partial charge in [-0.2, -0.15) is 0 Å². The molecule has 1 saturated heterocycles. The maximum Gasteiger partial charge on any atom is 0.261 e. The van der Waals surface area contributed by atoms with Crippen LogP contribution in [0.4, 0.5) is 0 Å². The molecule has 1 saturated carbocycles. The van der Waals surface area contributed by atoms with Crippen molar-refractivity contribution >= 4 is 22.7 Å². The Morgan fingerprint density at radius 2 is 2.04 bits per heavy atom. The van der Waals surface area contributed by atoms with Crippen molar-refractivity contribution in [3.05, 3.63) is 40.9 Å². The van der Waals surface area contributed by atoms with Gasteiger partial charge in [0.25, 0.3) is 5.56 Å². The Bertz CT molecular complexity index is 922. The van der Waals surface area contributed by atoms with E-state index in [-0.39, 0.29) is 30.0 Å². The average molecular weight is 354 g/mol. The summed E-state index contributed by atoms with van der Waals surface area (Å²) in [5.41, 5.74) is 0.429. The highest BCUT2D eigenvalue weighted by molar-refractivity contribution is 5.79. The number of nitrogens with one attached hydrogen (secondary N) is 1. The van der Waals surface area contributed by atoms with E-state index in [0.29, 0.717) is 35.7 Å². The van der Waals surface area contributed by atoms with Crippen molar-refractivity contribution < 1.29 is 9.59 Å². The number of para-hydroxylation sites is 1. The molecule has 136 valence electrons. The predicted molar refractivity (Wildman–Crippen MR) is 96.4 cm³/mol. The molecule has 0 radical (unpaired) electrons. The summed E-state index contributed by atoms with van der Waals surface area (Å²) in [6.45, 7) is 0.687. The van der Waals surface area contributed by atoms with Crippen molar-refractivity contribution in [3.63, 3.8) is 0 Å². The van der Waals surface area contributed by atoms with Crippen molar-refractivity contribution in [2.75, 3.05) is 13.6 Å². The fourth-order valence-corrected chi connectivity index (χ4v) is 4.23. The smallest absolute Gasteiger partial charge is 0.261 e. The number of nitrogens with zero attached hydrogens (tertiary/aromatic N) is 3. The Hall–Kier alpha value is -2.70. The molecule has 2 amide bonds. The van der Waals surface area contributed by atoms with Crippen LogP contribution in [0.1, 0.15) is 19.3 Å². The van der Waals surface area contributed by atoms with Gasteiger partial charge in [-0.05, 0) is 36.8 Å². The Balaban J connectivity index is 1.47. The lowest BCUT2D eigenvalue weighted by Gasteiger charge is -2.25. The maximum absolute atomic E-state index is 12.7. The highest BCUT2D eigenvalue weighted by atomic mass is 16.2. The number of amides is 2. The van der Waals surface area contributed by atoms with Gasteiger partial charge in [0.15, 0.2) is 0 Å². The first-order valence-corrected chi connectivity index (χ1v) is 8.99. The van der Waals surface area contributed by atoms with Gasteiger partial charge in [0.05, 0.1) is 17.2 Å².